The van der Waals surface area contributed by atoms with Gasteiger partial charge in [0.2, 0.25) is 0 Å². The zero-order chi connectivity index (χ0) is 11.7. The third-order valence-corrected chi connectivity index (χ3v) is 5.59. The molecule has 2 aromatic rings. The minimum absolute atomic E-state index is 1.08. The second-order valence-electron chi connectivity index (χ2n) is 3.45. The van der Waals surface area contributed by atoms with Gasteiger partial charge in [-0.2, -0.15) is 0 Å². The van der Waals surface area contributed by atoms with E-state index in [9.17, 15) is 0 Å². The molecule has 81 valence electrons. The lowest BCUT2D eigenvalue weighted by Crippen LogP contribution is -1.86. The molecule has 0 fully saturated rings. The normalized spacial score (nSPS) is 10.5. The van der Waals surface area contributed by atoms with E-state index in [1.807, 2.05) is 24.3 Å². The van der Waals surface area contributed by atoms with Crippen molar-refractivity contribution < 1.29 is 0 Å². The van der Waals surface area contributed by atoms with Crippen molar-refractivity contribution in [2.45, 2.75) is 6.92 Å². The topological polar surface area (TPSA) is 0 Å². The highest BCUT2D eigenvalue weighted by Crippen LogP contribution is 2.39. The van der Waals surface area contributed by atoms with Gasteiger partial charge in [-0.05, 0) is 67.6 Å². The molecule has 0 bridgehead atoms. The van der Waals surface area contributed by atoms with Gasteiger partial charge in [0, 0.05) is 13.4 Å². The largest absolute Gasteiger partial charge is 0.0538 e. The second-order valence-corrected chi connectivity index (χ2v) is 5.89. The van der Waals surface area contributed by atoms with E-state index >= 15 is 0 Å². The Labute approximate surface area is 120 Å². The van der Waals surface area contributed by atoms with Crippen molar-refractivity contribution in [2.24, 2.45) is 0 Å². The van der Waals surface area contributed by atoms with E-state index in [1.54, 1.807) is 0 Å². The fraction of sp³-hybridized carbons (Fsp3) is 0.0769. The number of rotatable bonds is 1. The van der Waals surface area contributed by atoms with Crippen LogP contribution < -0.4 is 0 Å². The molecule has 0 atom stereocenters. The maximum atomic E-state index is 3.62. The van der Waals surface area contributed by atoms with Crippen LogP contribution >= 0.6 is 47.8 Å². The average Bonchev–Trinajstić information content (AvgIpc) is 2.32. The SMILES string of the molecule is Cc1c(Br)cc(-c2cc[c]cc2)c(Br)c1Br. The molecule has 3 heteroatoms. The summed E-state index contributed by atoms with van der Waals surface area (Å²) in [5, 5.41) is 0. The van der Waals surface area contributed by atoms with Gasteiger partial charge in [0.25, 0.3) is 0 Å². The molecule has 0 saturated heterocycles. The first-order valence-electron chi connectivity index (χ1n) is 4.72. The van der Waals surface area contributed by atoms with E-state index in [1.165, 1.54) is 16.7 Å². The Kier molecular flexibility index (Phi) is 3.88. The molecular formula is C13H8Br3. The predicted molar refractivity (Wildman–Crippen MR) is 78.6 cm³/mol. The number of hydrogen-bond donors (Lipinski definition) is 0. The van der Waals surface area contributed by atoms with Gasteiger partial charge in [0.05, 0.1) is 0 Å². The average molecular weight is 404 g/mol. The fourth-order valence-electron chi connectivity index (χ4n) is 1.46. The highest BCUT2D eigenvalue weighted by atomic mass is 79.9. The minimum Gasteiger partial charge on any atom is -0.0538 e. The molecule has 0 unspecified atom stereocenters. The Morgan fingerprint density at radius 2 is 1.62 bits per heavy atom. The Hall–Kier alpha value is -0.120. The molecule has 0 aliphatic heterocycles. The minimum atomic E-state index is 1.08. The highest BCUT2D eigenvalue weighted by Gasteiger charge is 2.11. The van der Waals surface area contributed by atoms with Crippen LogP contribution in [0.3, 0.4) is 0 Å². The summed E-state index contributed by atoms with van der Waals surface area (Å²) in [7, 11) is 0. The maximum absolute atomic E-state index is 3.62. The molecule has 16 heavy (non-hydrogen) atoms. The van der Waals surface area contributed by atoms with E-state index in [2.05, 4.69) is 66.8 Å². The summed E-state index contributed by atoms with van der Waals surface area (Å²) >= 11 is 10.8. The summed E-state index contributed by atoms with van der Waals surface area (Å²) in [5.41, 5.74) is 3.53. The Morgan fingerprint density at radius 1 is 1.00 bits per heavy atom. The molecule has 0 spiro atoms. The van der Waals surface area contributed by atoms with Gasteiger partial charge in [-0.3, -0.25) is 0 Å². The van der Waals surface area contributed by atoms with Gasteiger partial charge in [0.1, 0.15) is 0 Å². The van der Waals surface area contributed by atoms with Gasteiger partial charge < -0.3 is 0 Å². The van der Waals surface area contributed by atoms with Crippen molar-refractivity contribution in [3.8, 4) is 11.1 Å². The molecule has 0 aliphatic carbocycles. The van der Waals surface area contributed by atoms with Crippen molar-refractivity contribution >= 4 is 47.8 Å². The van der Waals surface area contributed by atoms with E-state index < -0.39 is 0 Å². The molecule has 0 aliphatic rings. The summed E-state index contributed by atoms with van der Waals surface area (Å²) < 4.78 is 3.27. The molecule has 1 radical (unpaired) electrons. The Morgan fingerprint density at radius 3 is 2.25 bits per heavy atom. The lowest BCUT2D eigenvalue weighted by atomic mass is 10.0. The van der Waals surface area contributed by atoms with Crippen molar-refractivity contribution in [3.63, 3.8) is 0 Å². The lowest BCUT2D eigenvalue weighted by Gasteiger charge is -2.11. The number of halogens is 3. The molecule has 0 nitrogen and oxygen atoms in total. The molecule has 0 heterocycles. The molecular weight excluding hydrogens is 396 g/mol. The Bertz CT molecular complexity index is 518. The van der Waals surface area contributed by atoms with Crippen molar-refractivity contribution in [1.29, 1.82) is 0 Å². The summed E-state index contributed by atoms with van der Waals surface area (Å²) in [6, 6.07) is 13.1. The first-order valence-corrected chi connectivity index (χ1v) is 7.09. The van der Waals surface area contributed by atoms with Crippen LogP contribution in [0.2, 0.25) is 0 Å². The zero-order valence-corrected chi connectivity index (χ0v) is 13.3. The standard InChI is InChI=1S/C13H8Br3/c1-8-11(14)7-10(13(16)12(8)15)9-5-3-2-4-6-9/h3-7H,1H3. The van der Waals surface area contributed by atoms with E-state index in [-0.39, 0.29) is 0 Å². The summed E-state index contributed by atoms with van der Waals surface area (Å²) in [6.07, 6.45) is 0. The molecule has 2 rings (SSSR count). The van der Waals surface area contributed by atoms with Crippen LogP contribution in [0.5, 0.6) is 0 Å². The van der Waals surface area contributed by atoms with Gasteiger partial charge in [-0.15, -0.1) is 0 Å². The number of hydrogen-bond acceptors (Lipinski definition) is 0. The van der Waals surface area contributed by atoms with Crippen LogP contribution in [0.25, 0.3) is 11.1 Å². The molecule has 0 saturated carbocycles. The highest BCUT2D eigenvalue weighted by molar-refractivity contribution is 9.13. The van der Waals surface area contributed by atoms with Gasteiger partial charge in [0.15, 0.2) is 0 Å². The second kappa shape index (κ2) is 5.03. The van der Waals surface area contributed by atoms with E-state index in [4.69, 9.17) is 0 Å². The van der Waals surface area contributed by atoms with E-state index in [0.717, 1.165) is 13.4 Å². The third kappa shape index (κ3) is 2.27. The first kappa shape index (κ1) is 12.3. The third-order valence-electron chi connectivity index (χ3n) is 2.42. The van der Waals surface area contributed by atoms with Gasteiger partial charge in [-0.25, -0.2) is 0 Å². The summed E-state index contributed by atoms with van der Waals surface area (Å²) in [6.45, 7) is 2.07. The van der Waals surface area contributed by atoms with Crippen molar-refractivity contribution in [1.82, 2.24) is 0 Å². The van der Waals surface area contributed by atoms with Crippen LogP contribution in [-0.2, 0) is 0 Å². The monoisotopic (exact) mass is 401 g/mol. The maximum Gasteiger partial charge on any atom is 0.0399 e. The zero-order valence-electron chi connectivity index (χ0n) is 8.52. The summed E-state index contributed by atoms with van der Waals surface area (Å²) in [4.78, 5) is 0. The molecule has 0 N–H and O–H groups in total. The lowest BCUT2D eigenvalue weighted by molar-refractivity contribution is 1.37. The quantitative estimate of drug-likeness (QED) is 0.532. The first-order chi connectivity index (χ1) is 7.61. The van der Waals surface area contributed by atoms with E-state index in [0.29, 0.717) is 0 Å². The number of benzene rings is 2. The van der Waals surface area contributed by atoms with Crippen LogP contribution in [0.1, 0.15) is 5.56 Å². The summed E-state index contributed by atoms with van der Waals surface area (Å²) in [5.74, 6) is 0. The van der Waals surface area contributed by atoms with Gasteiger partial charge >= 0.3 is 0 Å². The van der Waals surface area contributed by atoms with Crippen LogP contribution in [0.15, 0.2) is 43.7 Å². The van der Waals surface area contributed by atoms with Crippen molar-refractivity contribution in [2.75, 3.05) is 0 Å². The molecule has 0 aromatic heterocycles. The van der Waals surface area contributed by atoms with Crippen LogP contribution in [-0.4, -0.2) is 0 Å². The molecule has 2 aromatic carbocycles. The predicted octanol–water partition coefficient (Wildman–Crippen LogP) is 5.75. The Balaban J connectivity index is 2.68. The fourth-order valence-corrected chi connectivity index (χ4v) is 3.22. The van der Waals surface area contributed by atoms with Gasteiger partial charge in [-0.1, -0.05) is 40.2 Å². The van der Waals surface area contributed by atoms with Crippen LogP contribution in [0, 0.1) is 13.0 Å². The smallest absolute Gasteiger partial charge is 0.0399 e. The van der Waals surface area contributed by atoms with Crippen molar-refractivity contribution in [3.05, 3.63) is 55.4 Å². The van der Waals surface area contributed by atoms with Crippen LogP contribution in [0.4, 0.5) is 0 Å². The molecule has 0 amide bonds.